The van der Waals surface area contributed by atoms with Crippen molar-refractivity contribution in [1.82, 2.24) is 0 Å². The first-order valence-corrected chi connectivity index (χ1v) is 1.71. The number of primary amides is 1. The third-order valence-corrected chi connectivity index (χ3v) is 0.464. The molecule has 0 heterocycles. The molecule has 5 heteroatoms. The number of hydrogen-bond acceptors (Lipinski definition) is 3. The number of carbonyl (C=O) groups is 2. The summed E-state index contributed by atoms with van der Waals surface area (Å²) in [5, 5.41) is 7.81. The Bertz CT molecular complexity index is 103. The summed E-state index contributed by atoms with van der Waals surface area (Å²) in [4.78, 5) is 19.7. The molecule has 0 rings (SSSR count). The topological polar surface area (TPSA) is 71.0 Å². The Balaban J connectivity index is 0. The van der Waals surface area contributed by atoms with Crippen molar-refractivity contribution in [2.24, 2.45) is 0 Å². The summed E-state index contributed by atoms with van der Waals surface area (Å²) in [6.07, 6.45) is 0. The average molecular weight is 140 g/mol. The molecule has 0 aliphatic carbocycles. The molecule has 0 radical (unpaired) electrons. The van der Waals surface area contributed by atoms with Crippen LogP contribution in [0.2, 0.25) is 0 Å². The molecule has 0 aromatic rings. The van der Waals surface area contributed by atoms with Gasteiger partial charge >= 0.3 is 5.91 Å². The fourth-order valence-corrected chi connectivity index (χ4v) is 0.0909. The maximum atomic E-state index is 9.86. The predicted molar refractivity (Wildman–Crippen MR) is 19.4 cm³/mol. The Kier molecular flexibility index (Phi) is 6.18. The molecule has 0 aliphatic rings. The Labute approximate surface area is 52.2 Å². The van der Waals surface area contributed by atoms with Crippen LogP contribution in [0.25, 0.3) is 0 Å². The van der Waals surface area contributed by atoms with E-state index >= 15 is 0 Å². The van der Waals surface area contributed by atoms with E-state index in [1.165, 1.54) is 0 Å². The highest BCUT2D eigenvalue weighted by Crippen LogP contribution is 1.56. The number of ketones is 1. The van der Waals surface area contributed by atoms with E-state index in [4.69, 9.17) is 5.21 Å². The Morgan fingerprint density at radius 3 is 1.88 bits per heavy atom. The third kappa shape index (κ3) is 3.73. The van der Waals surface area contributed by atoms with Gasteiger partial charge in [0.1, 0.15) is 0 Å². The van der Waals surface area contributed by atoms with Gasteiger partial charge in [0.2, 0.25) is 0 Å². The SMILES string of the molecule is CC(=O)C(=O)[NH2+]O.[Cl-]. The van der Waals surface area contributed by atoms with Crippen LogP contribution < -0.4 is 17.9 Å². The molecule has 0 saturated heterocycles. The molecule has 4 nitrogen and oxygen atoms in total. The van der Waals surface area contributed by atoms with Crippen LogP contribution in [-0.2, 0) is 9.59 Å². The first-order valence-electron chi connectivity index (χ1n) is 1.71. The van der Waals surface area contributed by atoms with Crippen LogP contribution in [0, 0.1) is 0 Å². The largest absolute Gasteiger partial charge is 1.00 e. The van der Waals surface area contributed by atoms with Gasteiger partial charge < -0.3 is 12.4 Å². The molecular formula is C3H6ClNO3. The van der Waals surface area contributed by atoms with Gasteiger partial charge in [-0.25, -0.2) is 10.0 Å². The van der Waals surface area contributed by atoms with Crippen molar-refractivity contribution in [2.75, 3.05) is 0 Å². The normalized spacial score (nSPS) is 7.25. The van der Waals surface area contributed by atoms with E-state index in [-0.39, 0.29) is 17.9 Å². The molecule has 0 aromatic heterocycles. The fraction of sp³-hybridized carbons (Fsp3) is 0.333. The third-order valence-electron chi connectivity index (χ3n) is 0.464. The zero-order valence-electron chi connectivity index (χ0n) is 4.22. The van der Waals surface area contributed by atoms with E-state index in [1.807, 2.05) is 0 Å². The summed E-state index contributed by atoms with van der Waals surface area (Å²) in [5.41, 5.74) is 0.252. The maximum Gasteiger partial charge on any atom is 0.409 e. The number of rotatable bonds is 1. The lowest BCUT2D eigenvalue weighted by Gasteiger charge is -1.78. The maximum absolute atomic E-state index is 9.86. The van der Waals surface area contributed by atoms with Gasteiger partial charge in [0.15, 0.2) is 0 Å². The van der Waals surface area contributed by atoms with Crippen LogP contribution in [0.1, 0.15) is 6.92 Å². The Morgan fingerprint density at radius 1 is 1.50 bits per heavy atom. The predicted octanol–water partition coefficient (Wildman–Crippen LogP) is -4.94. The van der Waals surface area contributed by atoms with Crippen molar-refractivity contribution in [3.05, 3.63) is 0 Å². The lowest BCUT2D eigenvalue weighted by molar-refractivity contribution is -0.811. The van der Waals surface area contributed by atoms with Gasteiger partial charge in [-0.15, -0.1) is 5.48 Å². The van der Waals surface area contributed by atoms with E-state index in [2.05, 4.69) is 0 Å². The molecule has 0 saturated carbocycles. The smallest absolute Gasteiger partial charge is 0.409 e. The highest BCUT2D eigenvalue weighted by molar-refractivity contribution is 6.30. The second kappa shape index (κ2) is 4.70. The number of hydroxylamine groups is 1. The summed E-state index contributed by atoms with van der Waals surface area (Å²) in [6, 6.07) is 0. The minimum Gasteiger partial charge on any atom is -1.00 e. The molecule has 0 atom stereocenters. The van der Waals surface area contributed by atoms with Crippen LogP contribution in [0.15, 0.2) is 0 Å². The molecule has 0 spiro atoms. The molecule has 1 amide bonds. The standard InChI is InChI=1S/C3H5NO3.ClH/c1-2(5)3(6)4-7;/h7H,1H3,(H,4,6);1H. The van der Waals surface area contributed by atoms with E-state index < -0.39 is 11.7 Å². The monoisotopic (exact) mass is 139 g/mol. The van der Waals surface area contributed by atoms with Crippen LogP contribution in [0.4, 0.5) is 0 Å². The number of hydrogen-bond donors (Lipinski definition) is 2. The highest BCUT2D eigenvalue weighted by atomic mass is 35.5. The van der Waals surface area contributed by atoms with Gasteiger partial charge in [-0.3, -0.25) is 4.79 Å². The van der Waals surface area contributed by atoms with Crippen molar-refractivity contribution >= 4 is 11.7 Å². The summed E-state index contributed by atoms with van der Waals surface area (Å²) in [7, 11) is 0. The summed E-state index contributed by atoms with van der Waals surface area (Å²) >= 11 is 0. The molecule has 0 fully saturated rings. The molecular weight excluding hydrogens is 133 g/mol. The first kappa shape index (κ1) is 10.5. The number of quaternary nitrogens is 1. The summed E-state index contributed by atoms with van der Waals surface area (Å²) in [6.45, 7) is 1.09. The number of Topliss-reactive ketones (excluding diaryl/α,β-unsaturated/α-hetero) is 1. The minimum atomic E-state index is -0.861. The number of carbonyl (C=O) groups excluding carboxylic acids is 2. The lowest BCUT2D eigenvalue weighted by Crippen LogP contribution is -3.00. The van der Waals surface area contributed by atoms with Gasteiger partial charge in [-0.2, -0.15) is 0 Å². The molecule has 0 aliphatic heterocycles. The summed E-state index contributed by atoms with van der Waals surface area (Å²) in [5.74, 6) is -1.51. The molecule has 3 N–H and O–H groups in total. The quantitative estimate of drug-likeness (QED) is 0.217. The molecule has 0 aromatic carbocycles. The Hall–Kier alpha value is -0.450. The molecule has 0 unspecified atom stereocenters. The van der Waals surface area contributed by atoms with Crippen molar-refractivity contribution in [3.63, 3.8) is 0 Å². The van der Waals surface area contributed by atoms with Crippen LogP contribution in [-0.4, -0.2) is 16.9 Å². The number of halogens is 1. The van der Waals surface area contributed by atoms with Gasteiger partial charge in [0.05, 0.1) is 0 Å². The Morgan fingerprint density at radius 2 is 1.88 bits per heavy atom. The second-order valence-electron chi connectivity index (χ2n) is 1.05. The van der Waals surface area contributed by atoms with Gasteiger partial charge in [0.25, 0.3) is 5.78 Å². The van der Waals surface area contributed by atoms with Crippen LogP contribution in [0.5, 0.6) is 0 Å². The van der Waals surface area contributed by atoms with Gasteiger partial charge in [-0.1, -0.05) is 0 Å². The molecule has 8 heavy (non-hydrogen) atoms. The van der Waals surface area contributed by atoms with Crippen molar-refractivity contribution in [1.29, 1.82) is 0 Å². The first-order chi connectivity index (χ1) is 3.18. The molecule has 48 valence electrons. The highest BCUT2D eigenvalue weighted by Gasteiger charge is 2.08. The zero-order chi connectivity index (χ0) is 5.86. The number of amides is 1. The van der Waals surface area contributed by atoms with Gasteiger partial charge in [0, 0.05) is 6.92 Å². The number of nitrogens with two attached hydrogens (primary N) is 1. The van der Waals surface area contributed by atoms with Crippen LogP contribution >= 0.6 is 0 Å². The van der Waals surface area contributed by atoms with Crippen molar-refractivity contribution in [3.8, 4) is 0 Å². The average Bonchev–Trinajstić information content (AvgIpc) is 1.65. The second-order valence-corrected chi connectivity index (χ2v) is 1.05. The van der Waals surface area contributed by atoms with E-state index in [0.29, 0.717) is 0 Å². The lowest BCUT2D eigenvalue weighted by atomic mass is 10.4. The van der Waals surface area contributed by atoms with Crippen molar-refractivity contribution < 1.29 is 32.7 Å². The van der Waals surface area contributed by atoms with E-state index in [9.17, 15) is 9.59 Å². The molecule has 0 bridgehead atoms. The van der Waals surface area contributed by atoms with Crippen molar-refractivity contribution in [2.45, 2.75) is 6.92 Å². The van der Waals surface area contributed by atoms with Crippen LogP contribution in [0.3, 0.4) is 0 Å². The fourth-order valence-electron chi connectivity index (χ4n) is 0.0909. The van der Waals surface area contributed by atoms with E-state index in [1.54, 1.807) is 0 Å². The minimum absolute atomic E-state index is 0. The van der Waals surface area contributed by atoms with Gasteiger partial charge in [-0.05, 0) is 0 Å². The zero-order valence-corrected chi connectivity index (χ0v) is 4.97. The van der Waals surface area contributed by atoms with E-state index in [0.717, 1.165) is 6.92 Å². The summed E-state index contributed by atoms with van der Waals surface area (Å²) < 4.78 is 0.